The normalized spacial score (nSPS) is 14.5. The van der Waals surface area contributed by atoms with Crippen molar-refractivity contribution in [1.82, 2.24) is 19.9 Å². The number of piperidine rings is 1. The standard InChI is InChI=1S/C30H32N4O2/c1-21-6-4-7-24(18-21)25-19-32-30(23-10-14-31-15-11-23)33-29(25)22-12-16-34(17-13-22)20-26-27(35-2)8-5-9-28(26)36-3/h4-11,14-15,18-19,22H,12-13,16-17,20H2,1-3H3. The van der Waals surface area contributed by atoms with Crippen LogP contribution >= 0.6 is 0 Å². The predicted octanol–water partition coefficient (Wildman–Crippen LogP) is 5.91. The molecule has 0 bridgehead atoms. The molecule has 6 nitrogen and oxygen atoms in total. The Morgan fingerprint density at radius 1 is 0.889 bits per heavy atom. The highest BCUT2D eigenvalue weighted by Gasteiger charge is 2.26. The van der Waals surface area contributed by atoms with Crippen LogP contribution < -0.4 is 9.47 Å². The van der Waals surface area contributed by atoms with Crippen molar-refractivity contribution in [3.05, 3.63) is 90.0 Å². The molecule has 3 heterocycles. The smallest absolute Gasteiger partial charge is 0.159 e. The van der Waals surface area contributed by atoms with Crippen molar-refractivity contribution in [3.8, 4) is 34.0 Å². The van der Waals surface area contributed by atoms with Gasteiger partial charge in [-0.15, -0.1) is 0 Å². The second-order valence-corrected chi connectivity index (χ2v) is 9.29. The van der Waals surface area contributed by atoms with E-state index in [1.54, 1.807) is 26.6 Å². The van der Waals surface area contributed by atoms with E-state index in [2.05, 4.69) is 41.1 Å². The molecule has 0 unspecified atom stereocenters. The molecule has 2 aromatic carbocycles. The molecule has 0 spiro atoms. The number of aryl methyl sites for hydroxylation is 1. The van der Waals surface area contributed by atoms with Gasteiger partial charge in [0.25, 0.3) is 0 Å². The van der Waals surface area contributed by atoms with E-state index in [1.165, 1.54) is 11.1 Å². The lowest BCUT2D eigenvalue weighted by Crippen LogP contribution is -2.33. The van der Waals surface area contributed by atoms with Crippen LogP contribution in [0.4, 0.5) is 0 Å². The van der Waals surface area contributed by atoms with Crippen LogP contribution in [0.3, 0.4) is 0 Å². The fourth-order valence-electron chi connectivity index (χ4n) is 5.05. The summed E-state index contributed by atoms with van der Waals surface area (Å²) in [6.07, 6.45) is 7.64. The lowest BCUT2D eigenvalue weighted by Gasteiger charge is -2.33. The Morgan fingerprint density at radius 2 is 1.58 bits per heavy atom. The van der Waals surface area contributed by atoms with Crippen LogP contribution in [0.1, 0.15) is 35.6 Å². The van der Waals surface area contributed by atoms with E-state index in [-0.39, 0.29) is 0 Å². The van der Waals surface area contributed by atoms with Gasteiger partial charge in [0.2, 0.25) is 0 Å². The van der Waals surface area contributed by atoms with Crippen LogP contribution in [-0.4, -0.2) is 47.2 Å². The van der Waals surface area contributed by atoms with Crippen molar-refractivity contribution in [3.63, 3.8) is 0 Å². The van der Waals surface area contributed by atoms with Crippen LogP contribution in [0, 0.1) is 6.92 Å². The zero-order valence-corrected chi connectivity index (χ0v) is 21.1. The van der Waals surface area contributed by atoms with Crippen molar-refractivity contribution >= 4 is 0 Å². The van der Waals surface area contributed by atoms with Gasteiger partial charge in [-0.1, -0.05) is 35.9 Å². The second kappa shape index (κ2) is 10.9. The maximum Gasteiger partial charge on any atom is 0.159 e. The van der Waals surface area contributed by atoms with Crippen molar-refractivity contribution in [2.75, 3.05) is 27.3 Å². The van der Waals surface area contributed by atoms with Gasteiger partial charge in [-0.05, 0) is 62.7 Å². The molecule has 0 atom stereocenters. The van der Waals surface area contributed by atoms with E-state index < -0.39 is 0 Å². The van der Waals surface area contributed by atoms with Gasteiger partial charge >= 0.3 is 0 Å². The lowest BCUT2D eigenvalue weighted by atomic mass is 9.88. The molecule has 0 amide bonds. The summed E-state index contributed by atoms with van der Waals surface area (Å²) >= 11 is 0. The molecule has 2 aromatic heterocycles. The van der Waals surface area contributed by atoms with Gasteiger partial charge in [-0.25, -0.2) is 9.97 Å². The monoisotopic (exact) mass is 480 g/mol. The van der Waals surface area contributed by atoms with Gasteiger partial charge in [-0.3, -0.25) is 9.88 Å². The Hall–Kier alpha value is -3.77. The molecule has 0 N–H and O–H groups in total. The summed E-state index contributed by atoms with van der Waals surface area (Å²) in [6, 6.07) is 18.5. The maximum absolute atomic E-state index is 5.62. The van der Waals surface area contributed by atoms with Gasteiger partial charge in [0.1, 0.15) is 11.5 Å². The topological polar surface area (TPSA) is 60.4 Å². The minimum Gasteiger partial charge on any atom is -0.496 e. The highest BCUT2D eigenvalue weighted by molar-refractivity contribution is 5.68. The molecule has 0 aliphatic carbocycles. The molecular formula is C30H32N4O2. The number of pyridine rings is 1. The highest BCUT2D eigenvalue weighted by atomic mass is 16.5. The van der Waals surface area contributed by atoms with Crippen molar-refractivity contribution in [2.45, 2.75) is 32.2 Å². The quantitative estimate of drug-likeness (QED) is 0.328. The summed E-state index contributed by atoms with van der Waals surface area (Å²) < 4.78 is 11.2. The Labute approximate surface area is 213 Å². The number of hydrogen-bond donors (Lipinski definition) is 0. The molecule has 184 valence electrons. The zero-order chi connectivity index (χ0) is 24.9. The van der Waals surface area contributed by atoms with Gasteiger partial charge in [0.15, 0.2) is 5.82 Å². The van der Waals surface area contributed by atoms with E-state index in [1.807, 2.05) is 36.5 Å². The molecule has 36 heavy (non-hydrogen) atoms. The Balaban J connectivity index is 1.41. The number of ether oxygens (including phenoxy) is 2. The summed E-state index contributed by atoms with van der Waals surface area (Å²) in [4.78, 5) is 16.5. The highest BCUT2D eigenvalue weighted by Crippen LogP contribution is 2.37. The molecule has 1 fully saturated rings. The van der Waals surface area contributed by atoms with Crippen LogP contribution in [0.25, 0.3) is 22.5 Å². The van der Waals surface area contributed by atoms with Gasteiger partial charge in [0, 0.05) is 42.2 Å². The molecule has 4 aromatic rings. The molecule has 1 aliphatic rings. The molecule has 5 rings (SSSR count). The van der Waals surface area contributed by atoms with Gasteiger partial charge in [-0.2, -0.15) is 0 Å². The maximum atomic E-state index is 5.62. The molecule has 1 aliphatic heterocycles. The summed E-state index contributed by atoms with van der Waals surface area (Å²) in [5, 5.41) is 0. The molecule has 1 saturated heterocycles. The first-order valence-corrected chi connectivity index (χ1v) is 12.4. The third-order valence-electron chi connectivity index (χ3n) is 6.97. The Morgan fingerprint density at radius 3 is 2.25 bits per heavy atom. The van der Waals surface area contributed by atoms with Crippen LogP contribution in [0.15, 0.2) is 73.2 Å². The van der Waals surface area contributed by atoms with Gasteiger partial charge < -0.3 is 9.47 Å². The Kier molecular flexibility index (Phi) is 7.23. The zero-order valence-electron chi connectivity index (χ0n) is 21.1. The van der Waals surface area contributed by atoms with Crippen molar-refractivity contribution < 1.29 is 9.47 Å². The van der Waals surface area contributed by atoms with E-state index in [4.69, 9.17) is 19.4 Å². The average molecular weight is 481 g/mol. The number of rotatable bonds is 7. The third kappa shape index (κ3) is 5.09. The summed E-state index contributed by atoms with van der Waals surface area (Å²) in [5.74, 6) is 2.86. The van der Waals surface area contributed by atoms with E-state index in [9.17, 15) is 0 Å². The Bertz CT molecular complexity index is 1300. The van der Waals surface area contributed by atoms with Crippen LogP contribution in [0.2, 0.25) is 0 Å². The number of nitrogens with zero attached hydrogens (tertiary/aromatic N) is 4. The molecule has 0 radical (unpaired) electrons. The average Bonchev–Trinajstić information content (AvgIpc) is 2.94. The molecule has 6 heteroatoms. The minimum absolute atomic E-state index is 0.361. The number of likely N-dealkylation sites (tertiary alicyclic amines) is 1. The van der Waals surface area contributed by atoms with E-state index >= 15 is 0 Å². The first-order chi connectivity index (χ1) is 17.7. The summed E-state index contributed by atoms with van der Waals surface area (Å²) in [7, 11) is 3.43. The van der Waals surface area contributed by atoms with Crippen molar-refractivity contribution in [2.24, 2.45) is 0 Å². The van der Waals surface area contributed by atoms with Gasteiger partial charge in [0.05, 0.1) is 25.5 Å². The molecule has 0 saturated carbocycles. The minimum atomic E-state index is 0.361. The number of hydrogen-bond acceptors (Lipinski definition) is 6. The third-order valence-corrected chi connectivity index (χ3v) is 6.97. The fourth-order valence-corrected chi connectivity index (χ4v) is 5.05. The SMILES string of the molecule is COc1cccc(OC)c1CN1CCC(c2nc(-c3ccncc3)ncc2-c2cccc(C)c2)CC1. The van der Waals surface area contributed by atoms with E-state index in [0.717, 1.165) is 72.2 Å². The van der Waals surface area contributed by atoms with Crippen molar-refractivity contribution in [1.29, 1.82) is 0 Å². The summed E-state index contributed by atoms with van der Waals surface area (Å²) in [5.41, 5.74) is 6.76. The van der Waals surface area contributed by atoms with E-state index in [0.29, 0.717) is 5.92 Å². The predicted molar refractivity (Wildman–Crippen MR) is 142 cm³/mol. The lowest BCUT2D eigenvalue weighted by molar-refractivity contribution is 0.199. The number of benzene rings is 2. The van der Waals surface area contributed by atoms with Crippen LogP contribution in [-0.2, 0) is 6.54 Å². The van der Waals surface area contributed by atoms with Crippen LogP contribution in [0.5, 0.6) is 11.5 Å². The first kappa shape index (κ1) is 23.9. The largest absolute Gasteiger partial charge is 0.496 e. The second-order valence-electron chi connectivity index (χ2n) is 9.29. The first-order valence-electron chi connectivity index (χ1n) is 12.4. The summed E-state index contributed by atoms with van der Waals surface area (Å²) in [6.45, 7) is 4.89. The molecular weight excluding hydrogens is 448 g/mol. The number of aromatic nitrogens is 3. The number of methoxy groups -OCH3 is 2. The fraction of sp³-hybridized carbons (Fsp3) is 0.300.